The molecular weight excluding hydrogens is 424 g/mol. The van der Waals surface area contributed by atoms with E-state index in [0.717, 1.165) is 50.5 Å². The first-order chi connectivity index (χ1) is 15.7. The molecule has 0 heterocycles. The van der Waals surface area contributed by atoms with Crippen molar-refractivity contribution >= 4 is 0 Å². The van der Waals surface area contributed by atoms with Crippen molar-refractivity contribution in [1.82, 2.24) is 0 Å². The van der Waals surface area contributed by atoms with E-state index in [-0.39, 0.29) is 45.9 Å². The Hall–Kier alpha value is -0.680. The summed E-state index contributed by atoms with van der Waals surface area (Å²) >= 11 is 0. The summed E-state index contributed by atoms with van der Waals surface area (Å²) < 4.78 is 0. The van der Waals surface area contributed by atoms with E-state index < -0.39 is 0 Å². The first-order valence-corrected chi connectivity index (χ1v) is 13.8. The van der Waals surface area contributed by atoms with Gasteiger partial charge in [-0.15, -0.1) is 0 Å². The lowest BCUT2D eigenvalue weighted by atomic mass is 9.41. The van der Waals surface area contributed by atoms with Crippen molar-refractivity contribution in [2.75, 3.05) is 0 Å². The van der Waals surface area contributed by atoms with Crippen molar-refractivity contribution in [2.24, 2.45) is 45.3 Å². The molecule has 10 atom stereocenters. The molecule has 4 heteroatoms. The Morgan fingerprint density at radius 2 is 1.79 bits per heavy atom. The van der Waals surface area contributed by atoms with E-state index in [9.17, 15) is 15.5 Å². The summed E-state index contributed by atoms with van der Waals surface area (Å²) in [6.45, 7) is 20.1. The zero-order valence-corrected chi connectivity index (χ0v) is 22.7. The van der Waals surface area contributed by atoms with Gasteiger partial charge in [-0.25, -0.2) is 4.89 Å². The summed E-state index contributed by atoms with van der Waals surface area (Å²) in [5, 5.41) is 31.6. The number of fused-ring (bicyclic) bond motifs is 5. The maximum atomic E-state index is 11.5. The molecule has 3 fully saturated rings. The fourth-order valence-electron chi connectivity index (χ4n) is 9.80. The van der Waals surface area contributed by atoms with Gasteiger partial charge in [0, 0.05) is 0 Å². The Balaban J connectivity index is 1.63. The lowest BCUT2D eigenvalue weighted by Gasteiger charge is -2.64. The van der Waals surface area contributed by atoms with E-state index in [1.807, 2.05) is 6.92 Å². The molecular formula is C30H50O4. The number of allylic oxidation sites excluding steroid dienone is 2. The van der Waals surface area contributed by atoms with Gasteiger partial charge < -0.3 is 10.2 Å². The van der Waals surface area contributed by atoms with E-state index >= 15 is 0 Å². The van der Waals surface area contributed by atoms with Crippen LogP contribution in [0.15, 0.2) is 23.8 Å². The molecule has 0 bridgehead atoms. The molecule has 3 saturated carbocycles. The predicted octanol–water partition coefficient (Wildman–Crippen LogP) is 6.77. The number of rotatable bonds is 6. The first kappa shape index (κ1) is 26.4. The highest BCUT2D eigenvalue weighted by molar-refractivity contribution is 5.34. The molecule has 4 aliphatic carbocycles. The standard InChI is InChI=1S/C30H50O4/c1-18(2)23(34-33)11-9-19(3)26-22(31)17-30(8)21-10-12-24-27(4,5)25(32)14-15-28(24,6)20(21)13-16-29(26,30)7/h10,19-20,22-26,31-33H,1,9,11-17H2,2-8H3. The second kappa shape index (κ2) is 8.71. The molecule has 4 aliphatic rings. The van der Waals surface area contributed by atoms with Crippen LogP contribution in [-0.2, 0) is 4.89 Å². The molecule has 194 valence electrons. The summed E-state index contributed by atoms with van der Waals surface area (Å²) in [4.78, 5) is 4.67. The van der Waals surface area contributed by atoms with Crippen LogP contribution in [0.25, 0.3) is 0 Å². The third kappa shape index (κ3) is 3.61. The van der Waals surface area contributed by atoms with Crippen LogP contribution in [0, 0.1) is 45.3 Å². The summed E-state index contributed by atoms with van der Waals surface area (Å²) in [6.07, 6.45) is 9.53. The SMILES string of the molecule is C=C(C)C(CCC(C)C1C(O)CC2(C)C3=CCC4C(C)(C)C(O)CCC4(C)C3CCC12C)OO. The summed E-state index contributed by atoms with van der Waals surface area (Å²) in [5.41, 5.74) is 2.67. The first-order valence-electron chi connectivity index (χ1n) is 13.8. The molecule has 0 aromatic rings. The third-order valence-corrected chi connectivity index (χ3v) is 12.0. The average molecular weight is 475 g/mol. The average Bonchev–Trinajstić information content (AvgIpc) is 2.96. The van der Waals surface area contributed by atoms with Crippen LogP contribution in [0.4, 0.5) is 0 Å². The molecule has 4 nitrogen and oxygen atoms in total. The van der Waals surface area contributed by atoms with Crippen LogP contribution in [0.3, 0.4) is 0 Å². The zero-order valence-electron chi connectivity index (χ0n) is 22.7. The van der Waals surface area contributed by atoms with Crippen LogP contribution >= 0.6 is 0 Å². The monoisotopic (exact) mass is 474 g/mol. The maximum Gasteiger partial charge on any atom is 0.113 e. The Bertz CT molecular complexity index is 832. The van der Waals surface area contributed by atoms with Crippen molar-refractivity contribution in [2.45, 2.75) is 118 Å². The Morgan fingerprint density at radius 3 is 2.41 bits per heavy atom. The van der Waals surface area contributed by atoms with Crippen LogP contribution in [0.1, 0.15) is 99.8 Å². The zero-order chi connectivity index (χ0) is 25.3. The van der Waals surface area contributed by atoms with Gasteiger partial charge in [0.1, 0.15) is 6.10 Å². The van der Waals surface area contributed by atoms with Gasteiger partial charge in [-0.2, -0.15) is 0 Å². The number of aliphatic hydroxyl groups excluding tert-OH is 2. The molecule has 0 aromatic carbocycles. The second-order valence-electron chi connectivity index (χ2n) is 14.0. The molecule has 10 unspecified atom stereocenters. The molecule has 3 N–H and O–H groups in total. The third-order valence-electron chi connectivity index (χ3n) is 12.0. The molecule has 0 saturated heterocycles. The lowest BCUT2D eigenvalue weighted by molar-refractivity contribution is -0.270. The molecule has 0 aromatic heterocycles. The molecule has 0 spiro atoms. The number of hydrogen-bond donors (Lipinski definition) is 3. The van der Waals surface area contributed by atoms with Crippen molar-refractivity contribution in [3.05, 3.63) is 23.8 Å². The lowest BCUT2D eigenvalue weighted by Crippen LogP contribution is -2.58. The van der Waals surface area contributed by atoms with E-state index in [1.165, 1.54) is 6.42 Å². The highest BCUT2D eigenvalue weighted by Crippen LogP contribution is 2.73. The minimum absolute atomic E-state index is 0.00365. The molecule has 0 aliphatic heterocycles. The van der Waals surface area contributed by atoms with Crippen molar-refractivity contribution in [3.63, 3.8) is 0 Å². The van der Waals surface area contributed by atoms with Crippen molar-refractivity contribution in [3.8, 4) is 0 Å². The highest BCUT2D eigenvalue weighted by atomic mass is 17.1. The summed E-state index contributed by atoms with van der Waals surface area (Å²) in [7, 11) is 0. The van der Waals surface area contributed by atoms with Gasteiger partial charge in [0.25, 0.3) is 0 Å². The molecule has 34 heavy (non-hydrogen) atoms. The van der Waals surface area contributed by atoms with Crippen molar-refractivity contribution in [1.29, 1.82) is 0 Å². The minimum Gasteiger partial charge on any atom is -0.393 e. The van der Waals surface area contributed by atoms with Gasteiger partial charge in [-0.3, -0.25) is 5.26 Å². The van der Waals surface area contributed by atoms with Gasteiger partial charge >= 0.3 is 0 Å². The fraction of sp³-hybridized carbons (Fsp3) is 0.867. The molecule has 0 radical (unpaired) electrons. The normalized spacial score (nSPS) is 47.1. The minimum atomic E-state index is -0.334. The van der Waals surface area contributed by atoms with Gasteiger partial charge in [-0.05, 0) is 109 Å². The summed E-state index contributed by atoms with van der Waals surface area (Å²) in [5.74, 6) is 1.63. The van der Waals surface area contributed by atoms with Crippen LogP contribution in [0.2, 0.25) is 0 Å². The van der Waals surface area contributed by atoms with Crippen molar-refractivity contribution < 1.29 is 20.4 Å². The van der Waals surface area contributed by atoms with E-state index in [2.05, 4.69) is 59.1 Å². The largest absolute Gasteiger partial charge is 0.393 e. The van der Waals surface area contributed by atoms with Crippen LogP contribution < -0.4 is 0 Å². The van der Waals surface area contributed by atoms with Crippen LogP contribution in [-0.4, -0.2) is 33.8 Å². The Labute approximate surface area is 207 Å². The van der Waals surface area contributed by atoms with E-state index in [1.54, 1.807) is 5.57 Å². The Kier molecular flexibility index (Phi) is 6.76. The van der Waals surface area contributed by atoms with Gasteiger partial charge in [0.2, 0.25) is 0 Å². The predicted molar refractivity (Wildman–Crippen MR) is 137 cm³/mol. The number of hydrogen-bond acceptors (Lipinski definition) is 4. The van der Waals surface area contributed by atoms with E-state index in [4.69, 9.17) is 0 Å². The second-order valence-corrected chi connectivity index (χ2v) is 14.0. The van der Waals surface area contributed by atoms with E-state index in [0.29, 0.717) is 17.8 Å². The smallest absolute Gasteiger partial charge is 0.113 e. The highest BCUT2D eigenvalue weighted by Gasteiger charge is 2.67. The summed E-state index contributed by atoms with van der Waals surface area (Å²) in [6, 6.07) is 0. The number of aliphatic hydroxyl groups is 2. The topological polar surface area (TPSA) is 69.9 Å². The van der Waals surface area contributed by atoms with Gasteiger partial charge in [0.15, 0.2) is 0 Å². The fourth-order valence-corrected chi connectivity index (χ4v) is 9.80. The van der Waals surface area contributed by atoms with Gasteiger partial charge in [-0.1, -0.05) is 59.8 Å². The Morgan fingerprint density at radius 1 is 1.12 bits per heavy atom. The molecule has 0 amide bonds. The molecule has 4 rings (SSSR count). The van der Waals surface area contributed by atoms with Crippen LogP contribution in [0.5, 0.6) is 0 Å². The maximum absolute atomic E-state index is 11.5. The quantitative estimate of drug-likeness (QED) is 0.226. The van der Waals surface area contributed by atoms with Gasteiger partial charge in [0.05, 0.1) is 12.2 Å².